The number of hydrogen-bond donors (Lipinski definition) is 1. The number of carbonyl (C=O) groups is 2. The summed E-state index contributed by atoms with van der Waals surface area (Å²) < 4.78 is 6.16. The van der Waals surface area contributed by atoms with E-state index in [1.54, 1.807) is 44.3 Å². The minimum Gasteiger partial charge on any atom is -0.375 e. The van der Waals surface area contributed by atoms with E-state index >= 15 is 0 Å². The van der Waals surface area contributed by atoms with Gasteiger partial charge in [0.1, 0.15) is 5.69 Å². The lowest BCUT2D eigenvalue weighted by atomic mass is 10.3. The fraction of sp³-hybridized carbons (Fsp3) is 0. The highest BCUT2D eigenvalue weighted by Crippen LogP contribution is 2.43. The summed E-state index contributed by atoms with van der Waals surface area (Å²) in [6.07, 6.45) is 0. The number of para-hydroxylation sites is 3. The monoisotopic (exact) mass is 653 g/mol. The summed E-state index contributed by atoms with van der Waals surface area (Å²) in [5.41, 5.74) is 8.50. The second-order valence-corrected chi connectivity index (χ2v) is 15.6. The van der Waals surface area contributed by atoms with Gasteiger partial charge in [-0.3, -0.25) is 9.59 Å². The number of nitrogens with two attached hydrogens (primary N) is 1. The zero-order valence-electron chi connectivity index (χ0n) is 20.0. The maximum atomic E-state index is 11.9. The van der Waals surface area contributed by atoms with Crippen molar-refractivity contribution in [2.75, 3.05) is 5.73 Å². The number of rotatable bonds is 6. The van der Waals surface area contributed by atoms with Gasteiger partial charge in [-0.05, 0) is 69.7 Å². The number of hydrogen-bond acceptors (Lipinski definition) is 14. The summed E-state index contributed by atoms with van der Waals surface area (Å²) in [4.78, 5) is 41.1. The fourth-order valence-electron chi connectivity index (χ4n) is 3.36. The second-order valence-electron chi connectivity index (χ2n) is 7.80. The Morgan fingerprint density at radius 3 is 1.52 bits per heavy atom. The van der Waals surface area contributed by atoms with Gasteiger partial charge in [0.15, 0.2) is 18.2 Å². The van der Waals surface area contributed by atoms with Gasteiger partial charge in [0.05, 0.1) is 30.6 Å². The Bertz CT molecular complexity index is 1800. The zero-order chi connectivity index (χ0) is 27.5. The van der Waals surface area contributed by atoms with E-state index in [-0.39, 0.29) is 10.8 Å². The predicted octanol–water partition coefficient (Wildman–Crippen LogP) is 8.54. The van der Waals surface area contributed by atoms with Crippen LogP contribution >= 0.6 is 78.7 Å². The minimum atomic E-state index is -0.651. The van der Waals surface area contributed by atoms with Gasteiger partial charge in [-0.1, -0.05) is 36.4 Å². The van der Waals surface area contributed by atoms with Crippen LogP contribution in [0.2, 0.25) is 0 Å². The number of anilines is 1. The van der Waals surface area contributed by atoms with E-state index in [4.69, 9.17) is 5.73 Å². The molecule has 0 atom stereocenters. The summed E-state index contributed by atoms with van der Waals surface area (Å²) in [6, 6.07) is 24.0. The van der Waals surface area contributed by atoms with E-state index in [0.717, 1.165) is 53.0 Å². The van der Waals surface area contributed by atoms with Crippen LogP contribution in [0.4, 0.5) is 5.13 Å². The van der Waals surface area contributed by atoms with E-state index in [0.29, 0.717) is 4.34 Å². The molecule has 0 spiro atoms. The molecule has 2 N–H and O–H groups in total. The number of fused-ring (bicyclic) bond motifs is 3. The third-order valence-corrected chi connectivity index (χ3v) is 12.8. The first-order valence-electron chi connectivity index (χ1n) is 11.4. The molecule has 0 saturated carbocycles. The molecular weight excluding hydrogens is 639 g/mol. The molecule has 198 valence electrons. The van der Waals surface area contributed by atoms with Crippen molar-refractivity contribution in [3.8, 4) is 0 Å². The molecule has 0 radical (unpaired) electrons. The van der Waals surface area contributed by atoms with Gasteiger partial charge in [0, 0.05) is 5.38 Å². The van der Waals surface area contributed by atoms with Gasteiger partial charge in [0.2, 0.25) is 0 Å². The van der Waals surface area contributed by atoms with Crippen LogP contribution in [0.25, 0.3) is 30.6 Å². The van der Waals surface area contributed by atoms with Crippen LogP contribution in [0.5, 0.6) is 0 Å². The number of nitrogen functional groups attached to an aromatic ring is 1. The number of benzene rings is 3. The average molecular weight is 654 g/mol. The quantitative estimate of drug-likeness (QED) is 0.0811. The molecule has 0 bridgehead atoms. The SMILES string of the molecule is Nc1nc(C(=O)C(=O)Sc2nc3ccccc3s2)cs1.c1ccc2sc(SSc3nc4ccccc4s3)nc2c1. The summed E-state index contributed by atoms with van der Waals surface area (Å²) in [6.45, 7) is 0. The van der Waals surface area contributed by atoms with Gasteiger partial charge in [-0.2, -0.15) is 0 Å². The molecule has 14 heteroatoms. The van der Waals surface area contributed by atoms with Crippen LogP contribution in [0, 0.1) is 0 Å². The average Bonchev–Trinajstić information content (AvgIpc) is 3.76. The van der Waals surface area contributed by atoms with Crippen LogP contribution in [-0.2, 0) is 4.79 Å². The fourth-order valence-corrected chi connectivity index (χ4v) is 10.3. The topological polar surface area (TPSA) is 112 Å². The maximum Gasteiger partial charge on any atom is 0.268 e. The van der Waals surface area contributed by atoms with Crippen molar-refractivity contribution >= 4 is 125 Å². The maximum absolute atomic E-state index is 11.9. The van der Waals surface area contributed by atoms with Crippen molar-refractivity contribution in [1.82, 2.24) is 19.9 Å². The smallest absolute Gasteiger partial charge is 0.268 e. The predicted molar refractivity (Wildman–Crippen MR) is 172 cm³/mol. The molecule has 0 aliphatic carbocycles. The molecule has 0 saturated heterocycles. The standard InChI is InChI=1S/C14H8N2S4.C12H7N3O2S3/c1-3-7-11-9(5-1)15-13(17-11)19-20-14-16-10-6-2-4-8-12(10)18-14;13-11-14-7(5-18-11)9(16)10(17)20-12-15-6-3-1-2-4-8(6)19-12/h1-8H;1-5H,(H2,13,14). The van der Waals surface area contributed by atoms with Crippen molar-refractivity contribution in [2.24, 2.45) is 0 Å². The minimum absolute atomic E-state index is 0.0890. The summed E-state index contributed by atoms with van der Waals surface area (Å²) in [5, 5.41) is 1.15. The number of carbonyl (C=O) groups excluding carboxylic acids is 2. The molecule has 0 aliphatic heterocycles. The number of aromatic nitrogens is 4. The number of ketones is 1. The van der Waals surface area contributed by atoms with Gasteiger partial charge < -0.3 is 5.73 Å². The lowest BCUT2D eigenvalue weighted by Gasteiger charge is -1.93. The van der Waals surface area contributed by atoms with Gasteiger partial charge in [0.25, 0.3) is 10.9 Å². The third kappa shape index (κ3) is 6.38. The molecule has 0 unspecified atom stereocenters. The number of nitrogens with zero attached hydrogens (tertiary/aromatic N) is 4. The van der Waals surface area contributed by atoms with Gasteiger partial charge in [-0.15, -0.1) is 45.3 Å². The summed E-state index contributed by atoms with van der Waals surface area (Å²) in [5.74, 6) is -0.651. The van der Waals surface area contributed by atoms with Crippen molar-refractivity contribution < 1.29 is 9.59 Å². The Morgan fingerprint density at radius 2 is 1.07 bits per heavy atom. The first-order valence-corrected chi connectivity index (χ1v) is 17.7. The van der Waals surface area contributed by atoms with Gasteiger partial charge >= 0.3 is 0 Å². The lowest BCUT2D eigenvalue weighted by molar-refractivity contribution is -0.107. The van der Waals surface area contributed by atoms with E-state index in [1.807, 2.05) is 36.4 Å². The van der Waals surface area contributed by atoms with Crippen molar-refractivity contribution in [1.29, 1.82) is 0 Å². The number of thioether (sulfide) groups is 1. The highest BCUT2D eigenvalue weighted by atomic mass is 33.1. The Balaban J connectivity index is 0.000000145. The highest BCUT2D eigenvalue weighted by Gasteiger charge is 2.22. The van der Waals surface area contributed by atoms with Gasteiger partial charge in [-0.25, -0.2) is 19.9 Å². The molecule has 3 aromatic carbocycles. The molecule has 7 rings (SSSR count). The molecule has 40 heavy (non-hydrogen) atoms. The highest BCUT2D eigenvalue weighted by molar-refractivity contribution is 8.77. The molecule has 4 heterocycles. The van der Waals surface area contributed by atoms with Crippen LogP contribution < -0.4 is 5.73 Å². The molecule has 0 amide bonds. The van der Waals surface area contributed by atoms with Crippen molar-refractivity contribution in [2.45, 2.75) is 13.0 Å². The van der Waals surface area contributed by atoms with Crippen molar-refractivity contribution in [3.63, 3.8) is 0 Å². The van der Waals surface area contributed by atoms with E-state index < -0.39 is 10.9 Å². The Kier molecular flexibility index (Phi) is 8.43. The van der Waals surface area contributed by atoms with E-state index in [2.05, 4.69) is 56.3 Å². The normalized spacial score (nSPS) is 11.1. The van der Waals surface area contributed by atoms with Crippen molar-refractivity contribution in [3.05, 3.63) is 83.9 Å². The number of thiazole rings is 4. The molecular formula is C26H15N5O2S7. The first-order chi connectivity index (χ1) is 19.5. The Morgan fingerprint density at radius 1 is 0.625 bits per heavy atom. The van der Waals surface area contributed by atoms with Crippen LogP contribution in [-0.4, -0.2) is 30.8 Å². The lowest BCUT2D eigenvalue weighted by Crippen LogP contribution is -2.10. The molecule has 7 nitrogen and oxygen atoms in total. The summed E-state index contributed by atoms with van der Waals surface area (Å²) in [7, 11) is 3.37. The molecule has 4 aromatic heterocycles. The summed E-state index contributed by atoms with van der Waals surface area (Å²) >= 11 is 6.80. The van der Waals surface area contributed by atoms with E-state index in [9.17, 15) is 9.59 Å². The Labute approximate surface area is 255 Å². The van der Waals surface area contributed by atoms with Crippen LogP contribution in [0.3, 0.4) is 0 Å². The second kappa shape index (κ2) is 12.3. The largest absolute Gasteiger partial charge is 0.375 e. The number of Topliss-reactive ketones (excluding diaryl/α,β-unsaturated/α-hetero) is 1. The van der Waals surface area contributed by atoms with Crippen LogP contribution in [0.1, 0.15) is 10.5 Å². The van der Waals surface area contributed by atoms with E-state index in [1.165, 1.54) is 26.1 Å². The molecule has 7 aromatic rings. The Hall–Kier alpha value is -2.85. The van der Waals surface area contributed by atoms with Crippen LogP contribution in [0.15, 0.2) is 91.2 Å². The molecule has 0 aliphatic rings. The first kappa shape index (κ1) is 27.3. The third-order valence-electron chi connectivity index (χ3n) is 5.13. The molecule has 0 fully saturated rings. The zero-order valence-corrected chi connectivity index (χ0v) is 25.8.